The minimum Gasteiger partial charge on any atom is -0.389 e. The molecule has 2 rings (SSSR count). The van der Waals surface area contributed by atoms with E-state index >= 15 is 0 Å². The van der Waals surface area contributed by atoms with Gasteiger partial charge in [-0.25, -0.2) is 0 Å². The molecule has 0 unspecified atom stereocenters. The molecule has 0 fully saturated rings. The maximum Gasteiger partial charge on any atom is 0.104 e. The summed E-state index contributed by atoms with van der Waals surface area (Å²) < 4.78 is 0. The van der Waals surface area contributed by atoms with Gasteiger partial charge in [0.2, 0.25) is 0 Å². The smallest absolute Gasteiger partial charge is 0.104 e. The summed E-state index contributed by atoms with van der Waals surface area (Å²) >= 11 is 5.02. The first-order chi connectivity index (χ1) is 8.99. The molecule has 0 saturated carbocycles. The average Bonchev–Trinajstić information content (AvgIpc) is 2.34. The standard InChI is InChI=1S/C16H18N2S/c1-10-5-4-6-15(12(10)3)18-13-7-8-14(16(17)19)11(2)9-13/h4-9,18H,1-3H3,(H2,17,19). The second-order valence-electron chi connectivity index (χ2n) is 4.77. The van der Waals surface area contributed by atoms with E-state index in [0.29, 0.717) is 4.99 Å². The van der Waals surface area contributed by atoms with Gasteiger partial charge >= 0.3 is 0 Å². The van der Waals surface area contributed by atoms with Crippen molar-refractivity contribution in [2.45, 2.75) is 20.8 Å². The fourth-order valence-electron chi connectivity index (χ4n) is 2.06. The summed E-state index contributed by atoms with van der Waals surface area (Å²) in [6, 6.07) is 12.3. The van der Waals surface area contributed by atoms with Crippen LogP contribution in [0.2, 0.25) is 0 Å². The topological polar surface area (TPSA) is 38.0 Å². The van der Waals surface area contributed by atoms with Crippen LogP contribution in [0.4, 0.5) is 11.4 Å². The van der Waals surface area contributed by atoms with Gasteiger partial charge in [0.1, 0.15) is 4.99 Å². The molecule has 19 heavy (non-hydrogen) atoms. The first-order valence-electron chi connectivity index (χ1n) is 6.22. The molecule has 0 amide bonds. The Hall–Kier alpha value is -1.87. The molecule has 0 atom stereocenters. The Balaban J connectivity index is 2.32. The van der Waals surface area contributed by atoms with Crippen molar-refractivity contribution in [2.75, 3.05) is 5.32 Å². The predicted octanol–water partition coefficient (Wildman–Crippen LogP) is 3.99. The van der Waals surface area contributed by atoms with Crippen LogP contribution in [-0.4, -0.2) is 4.99 Å². The van der Waals surface area contributed by atoms with Crippen molar-refractivity contribution in [1.82, 2.24) is 0 Å². The second-order valence-corrected chi connectivity index (χ2v) is 5.21. The zero-order valence-corrected chi connectivity index (χ0v) is 12.3. The molecule has 3 heteroatoms. The number of hydrogen-bond acceptors (Lipinski definition) is 2. The van der Waals surface area contributed by atoms with Crippen molar-refractivity contribution < 1.29 is 0 Å². The van der Waals surface area contributed by atoms with Crippen LogP contribution in [-0.2, 0) is 0 Å². The van der Waals surface area contributed by atoms with Crippen molar-refractivity contribution in [3.63, 3.8) is 0 Å². The highest BCUT2D eigenvalue weighted by Gasteiger charge is 2.04. The lowest BCUT2D eigenvalue weighted by Crippen LogP contribution is -2.11. The number of anilines is 2. The van der Waals surface area contributed by atoms with Gasteiger partial charge in [0.25, 0.3) is 0 Å². The SMILES string of the molecule is Cc1cc(Nc2cccc(C)c2C)ccc1C(N)=S. The van der Waals surface area contributed by atoms with Gasteiger partial charge in [-0.3, -0.25) is 0 Å². The molecular weight excluding hydrogens is 252 g/mol. The highest BCUT2D eigenvalue weighted by atomic mass is 32.1. The van der Waals surface area contributed by atoms with Crippen LogP contribution in [0.1, 0.15) is 22.3 Å². The Morgan fingerprint density at radius 1 is 1.05 bits per heavy atom. The molecule has 0 radical (unpaired) electrons. The summed E-state index contributed by atoms with van der Waals surface area (Å²) in [4.78, 5) is 0.441. The van der Waals surface area contributed by atoms with Crippen molar-refractivity contribution in [3.8, 4) is 0 Å². The normalized spacial score (nSPS) is 10.3. The van der Waals surface area contributed by atoms with E-state index in [0.717, 1.165) is 22.5 Å². The Morgan fingerprint density at radius 2 is 1.79 bits per heavy atom. The first kappa shape index (κ1) is 13.6. The van der Waals surface area contributed by atoms with E-state index in [-0.39, 0.29) is 0 Å². The molecule has 0 bridgehead atoms. The minimum atomic E-state index is 0.441. The number of rotatable bonds is 3. The van der Waals surface area contributed by atoms with Crippen molar-refractivity contribution in [3.05, 3.63) is 58.7 Å². The number of nitrogens with one attached hydrogen (secondary N) is 1. The van der Waals surface area contributed by atoms with Gasteiger partial charge < -0.3 is 11.1 Å². The fraction of sp³-hybridized carbons (Fsp3) is 0.188. The van der Waals surface area contributed by atoms with Gasteiger partial charge in [0.15, 0.2) is 0 Å². The molecule has 0 heterocycles. The van der Waals surface area contributed by atoms with E-state index in [1.165, 1.54) is 11.1 Å². The van der Waals surface area contributed by atoms with Gasteiger partial charge in [-0.15, -0.1) is 0 Å². The maximum atomic E-state index is 5.67. The lowest BCUT2D eigenvalue weighted by Gasteiger charge is -2.13. The number of aryl methyl sites for hydroxylation is 2. The molecule has 2 nitrogen and oxygen atoms in total. The molecule has 98 valence electrons. The highest BCUT2D eigenvalue weighted by Crippen LogP contribution is 2.24. The predicted molar refractivity (Wildman–Crippen MR) is 86.3 cm³/mol. The fourth-order valence-corrected chi connectivity index (χ4v) is 2.29. The third-order valence-electron chi connectivity index (χ3n) is 3.38. The highest BCUT2D eigenvalue weighted by molar-refractivity contribution is 7.80. The Morgan fingerprint density at radius 3 is 2.42 bits per heavy atom. The lowest BCUT2D eigenvalue weighted by atomic mass is 10.1. The van der Waals surface area contributed by atoms with E-state index < -0.39 is 0 Å². The summed E-state index contributed by atoms with van der Waals surface area (Å²) in [6.45, 7) is 6.25. The molecule has 0 aliphatic carbocycles. The van der Waals surface area contributed by atoms with Gasteiger partial charge in [-0.05, 0) is 61.7 Å². The third kappa shape index (κ3) is 2.93. The van der Waals surface area contributed by atoms with Gasteiger partial charge in [-0.1, -0.05) is 24.4 Å². The number of hydrogen-bond donors (Lipinski definition) is 2. The van der Waals surface area contributed by atoms with Crippen LogP contribution in [0.5, 0.6) is 0 Å². The van der Waals surface area contributed by atoms with E-state index in [9.17, 15) is 0 Å². The molecule has 3 N–H and O–H groups in total. The second kappa shape index (κ2) is 5.41. The van der Waals surface area contributed by atoms with Crippen LogP contribution < -0.4 is 11.1 Å². The van der Waals surface area contributed by atoms with Crippen LogP contribution >= 0.6 is 12.2 Å². The summed E-state index contributed by atoms with van der Waals surface area (Å²) in [5, 5.41) is 3.44. The molecular formula is C16H18N2S. The number of thiocarbonyl (C=S) groups is 1. The van der Waals surface area contributed by atoms with E-state index in [4.69, 9.17) is 18.0 Å². The zero-order valence-electron chi connectivity index (χ0n) is 11.4. The lowest BCUT2D eigenvalue weighted by molar-refractivity contribution is 1.33. The Bertz CT molecular complexity index is 633. The molecule has 0 aliphatic heterocycles. The van der Waals surface area contributed by atoms with Gasteiger partial charge in [-0.2, -0.15) is 0 Å². The van der Waals surface area contributed by atoms with Gasteiger partial charge in [0.05, 0.1) is 0 Å². The third-order valence-corrected chi connectivity index (χ3v) is 3.60. The van der Waals surface area contributed by atoms with E-state index in [1.54, 1.807) is 0 Å². The first-order valence-corrected chi connectivity index (χ1v) is 6.63. The van der Waals surface area contributed by atoms with Crippen molar-refractivity contribution >= 4 is 28.6 Å². The van der Waals surface area contributed by atoms with E-state index in [1.807, 2.05) is 19.1 Å². The summed E-state index contributed by atoms with van der Waals surface area (Å²) in [7, 11) is 0. The largest absolute Gasteiger partial charge is 0.389 e. The number of nitrogens with two attached hydrogens (primary N) is 1. The summed E-state index contributed by atoms with van der Waals surface area (Å²) in [5.41, 5.74) is 12.4. The molecule has 0 aliphatic rings. The maximum absolute atomic E-state index is 5.67. The Kier molecular flexibility index (Phi) is 3.86. The van der Waals surface area contributed by atoms with Crippen LogP contribution in [0.3, 0.4) is 0 Å². The minimum absolute atomic E-state index is 0.441. The molecule has 2 aromatic carbocycles. The van der Waals surface area contributed by atoms with Crippen molar-refractivity contribution in [2.24, 2.45) is 5.73 Å². The van der Waals surface area contributed by atoms with Gasteiger partial charge in [0, 0.05) is 16.9 Å². The molecule has 0 spiro atoms. The molecule has 0 aromatic heterocycles. The average molecular weight is 270 g/mol. The number of benzene rings is 2. The zero-order chi connectivity index (χ0) is 14.0. The van der Waals surface area contributed by atoms with Crippen LogP contribution in [0.15, 0.2) is 36.4 Å². The summed E-state index contributed by atoms with van der Waals surface area (Å²) in [5.74, 6) is 0. The Labute approximate surface area is 119 Å². The quantitative estimate of drug-likeness (QED) is 0.828. The van der Waals surface area contributed by atoms with Crippen LogP contribution in [0.25, 0.3) is 0 Å². The molecule has 0 saturated heterocycles. The van der Waals surface area contributed by atoms with Crippen molar-refractivity contribution in [1.29, 1.82) is 0 Å². The van der Waals surface area contributed by atoms with Crippen LogP contribution in [0, 0.1) is 20.8 Å². The van der Waals surface area contributed by atoms with E-state index in [2.05, 4.69) is 43.4 Å². The summed E-state index contributed by atoms with van der Waals surface area (Å²) in [6.07, 6.45) is 0. The monoisotopic (exact) mass is 270 g/mol. The molecule has 2 aromatic rings.